The highest BCUT2D eigenvalue weighted by molar-refractivity contribution is 9.10. The molecule has 0 bridgehead atoms. The summed E-state index contributed by atoms with van der Waals surface area (Å²) in [6.07, 6.45) is 0.436. The Morgan fingerprint density at radius 3 is 2.51 bits per heavy atom. The van der Waals surface area contributed by atoms with Crippen LogP contribution in [0.5, 0.6) is 5.75 Å². The number of aromatic nitrogens is 1. The van der Waals surface area contributed by atoms with E-state index in [0.29, 0.717) is 18.7 Å². The summed E-state index contributed by atoms with van der Waals surface area (Å²) in [5, 5.41) is 16.2. The van der Waals surface area contributed by atoms with Gasteiger partial charge in [-0.3, -0.25) is 19.7 Å². The lowest BCUT2D eigenvalue weighted by Gasteiger charge is -2.27. The number of urea groups is 1. The molecule has 5 atom stereocenters. The number of rotatable bonds is 14. The molecule has 1 aromatic carbocycles. The summed E-state index contributed by atoms with van der Waals surface area (Å²) >= 11 is 3.27. The third kappa shape index (κ3) is 8.58. The molecule has 3 rings (SSSR count). The number of ether oxygens (including phenoxy) is 2. The van der Waals surface area contributed by atoms with Crippen LogP contribution in [0.4, 0.5) is 15.0 Å². The highest BCUT2D eigenvalue weighted by Gasteiger charge is 2.45. The number of nitrogens with one attached hydrogen (secondary N) is 2. The number of pyridine rings is 1. The molecule has 1 aliphatic carbocycles. The summed E-state index contributed by atoms with van der Waals surface area (Å²) in [7, 11) is 0. The van der Waals surface area contributed by atoms with E-state index in [2.05, 4.69) is 31.5 Å². The molecular weight excluding hydrogens is 627 g/mol. The number of anilines is 1. The average molecular weight is 666 g/mol. The first-order chi connectivity index (χ1) is 20.2. The van der Waals surface area contributed by atoms with Gasteiger partial charge in [0.2, 0.25) is 5.78 Å². The number of hydrogen-bond acceptors (Lipinski definition) is 9. The maximum absolute atomic E-state index is 15.3. The molecule has 11 nitrogen and oxygen atoms in total. The Hall–Kier alpha value is -3.42. The number of nitrogens with two attached hydrogens (primary N) is 1. The standard InChI is InChI=1S/C30H38BrFN4O7/c1-6-15(3)24(33)27(39)42-14-30(4,5)26(38)28(40)43-25-17(21(37)7-2)9-10-19(32)23(25)18-12-20(18)35-29(41)36-22-11-8-16(31)13-34-22/h8-11,13,15,18,20,24,28,40H,6-7,12,14,33H2,1-5H3,(H2,34,35,36,41)/t15-,18?,20?,24-,28?/m0/s1. The molecule has 0 spiro atoms. The monoisotopic (exact) mass is 664 g/mol. The summed E-state index contributed by atoms with van der Waals surface area (Å²) in [5.74, 6) is -3.35. The van der Waals surface area contributed by atoms with Gasteiger partial charge < -0.3 is 25.6 Å². The van der Waals surface area contributed by atoms with Crippen molar-refractivity contribution in [2.24, 2.45) is 17.1 Å². The Morgan fingerprint density at radius 1 is 1.21 bits per heavy atom. The molecule has 1 fully saturated rings. The number of halogens is 2. The van der Waals surface area contributed by atoms with Crippen LogP contribution in [0.25, 0.3) is 0 Å². The summed E-state index contributed by atoms with van der Waals surface area (Å²) in [4.78, 5) is 54.9. The van der Waals surface area contributed by atoms with Crippen LogP contribution in [-0.2, 0) is 14.3 Å². The first-order valence-corrected chi connectivity index (χ1v) is 14.8. The fourth-order valence-electron chi connectivity index (χ4n) is 4.31. The number of Topliss-reactive ketones (excluding diaryl/α,β-unsaturated/α-hetero) is 2. The van der Waals surface area contributed by atoms with Crippen molar-refractivity contribution in [2.45, 2.75) is 78.2 Å². The molecule has 13 heteroatoms. The van der Waals surface area contributed by atoms with Crippen molar-refractivity contribution < 1.29 is 38.1 Å². The lowest BCUT2D eigenvalue weighted by molar-refractivity contribution is -0.160. The third-order valence-corrected chi connectivity index (χ3v) is 7.91. The first kappa shape index (κ1) is 34.1. The zero-order chi connectivity index (χ0) is 32.1. The minimum atomic E-state index is -2.11. The van der Waals surface area contributed by atoms with E-state index in [4.69, 9.17) is 15.2 Å². The predicted octanol–water partition coefficient (Wildman–Crippen LogP) is 4.46. The number of benzene rings is 1. The number of carbonyl (C=O) groups excluding carboxylic acids is 4. The van der Waals surface area contributed by atoms with Crippen molar-refractivity contribution >= 4 is 45.3 Å². The fraction of sp³-hybridized carbons (Fsp3) is 0.500. The van der Waals surface area contributed by atoms with E-state index in [9.17, 15) is 24.3 Å². The molecule has 3 unspecified atom stereocenters. The normalized spacial score (nSPS) is 18.2. The van der Waals surface area contributed by atoms with Gasteiger partial charge in [-0.05, 0) is 66.4 Å². The van der Waals surface area contributed by atoms with Gasteiger partial charge >= 0.3 is 12.0 Å². The molecule has 1 aromatic heterocycles. The molecule has 43 heavy (non-hydrogen) atoms. The number of hydrogen-bond donors (Lipinski definition) is 4. The maximum atomic E-state index is 15.3. The van der Waals surface area contributed by atoms with E-state index in [-0.39, 0.29) is 35.8 Å². The Kier molecular flexibility index (Phi) is 11.4. The van der Waals surface area contributed by atoms with Gasteiger partial charge in [-0.25, -0.2) is 14.2 Å². The van der Waals surface area contributed by atoms with Crippen molar-refractivity contribution in [3.05, 3.63) is 51.9 Å². The summed E-state index contributed by atoms with van der Waals surface area (Å²) in [6.45, 7) is 7.82. The van der Waals surface area contributed by atoms with Crippen LogP contribution >= 0.6 is 15.9 Å². The van der Waals surface area contributed by atoms with Gasteiger partial charge in [0.1, 0.15) is 30.0 Å². The second-order valence-corrected chi connectivity index (χ2v) is 12.2. The molecular formula is C30H38BrFN4O7. The molecule has 1 aliphatic rings. The van der Waals surface area contributed by atoms with Gasteiger partial charge in [0.05, 0.1) is 11.0 Å². The third-order valence-electron chi connectivity index (χ3n) is 7.44. The van der Waals surface area contributed by atoms with Crippen LogP contribution < -0.4 is 21.1 Å². The molecule has 2 aromatic rings. The molecule has 1 heterocycles. The quantitative estimate of drug-likeness (QED) is 0.129. The Morgan fingerprint density at radius 2 is 1.91 bits per heavy atom. The number of nitrogens with zero attached hydrogens (tertiary/aromatic N) is 1. The average Bonchev–Trinajstić information content (AvgIpc) is 3.73. The summed E-state index contributed by atoms with van der Waals surface area (Å²) in [6, 6.07) is 3.70. The molecule has 0 aliphatic heterocycles. The lowest BCUT2D eigenvalue weighted by atomic mass is 9.88. The van der Waals surface area contributed by atoms with Crippen LogP contribution in [0.15, 0.2) is 34.9 Å². The van der Waals surface area contributed by atoms with Crippen LogP contribution in [-0.4, -0.2) is 58.6 Å². The summed E-state index contributed by atoms with van der Waals surface area (Å²) < 4.78 is 26.9. The first-order valence-electron chi connectivity index (χ1n) is 14.1. The number of aliphatic hydroxyl groups is 1. The van der Waals surface area contributed by atoms with Gasteiger partial charge in [0.25, 0.3) is 6.29 Å². The predicted molar refractivity (Wildman–Crippen MR) is 160 cm³/mol. The number of amides is 2. The van der Waals surface area contributed by atoms with Crippen molar-refractivity contribution in [3.8, 4) is 5.75 Å². The van der Waals surface area contributed by atoms with Crippen LogP contribution in [0, 0.1) is 17.2 Å². The number of aliphatic hydroxyl groups excluding tert-OH is 1. The Bertz CT molecular complexity index is 1350. The molecule has 5 N–H and O–H groups in total. The second kappa shape index (κ2) is 14.4. The highest BCUT2D eigenvalue weighted by Crippen LogP contribution is 2.48. The minimum Gasteiger partial charge on any atom is -0.463 e. The van der Waals surface area contributed by atoms with Gasteiger partial charge in [-0.1, -0.05) is 27.2 Å². The van der Waals surface area contributed by atoms with E-state index in [0.717, 1.165) is 10.5 Å². The summed E-state index contributed by atoms with van der Waals surface area (Å²) in [5.41, 5.74) is 4.45. The molecule has 0 radical (unpaired) electrons. The topological polar surface area (TPSA) is 170 Å². The number of carbonyl (C=O) groups is 4. The zero-order valence-corrected chi connectivity index (χ0v) is 26.4. The van der Waals surface area contributed by atoms with E-state index in [1.54, 1.807) is 26.0 Å². The van der Waals surface area contributed by atoms with Gasteiger partial charge in [0, 0.05) is 34.6 Å². The van der Waals surface area contributed by atoms with E-state index >= 15 is 4.39 Å². The van der Waals surface area contributed by atoms with E-state index < -0.39 is 59.1 Å². The molecule has 234 valence electrons. The number of ketones is 2. The van der Waals surface area contributed by atoms with Crippen LogP contribution in [0.2, 0.25) is 0 Å². The molecule has 0 saturated heterocycles. The smallest absolute Gasteiger partial charge is 0.323 e. The lowest BCUT2D eigenvalue weighted by Crippen LogP contribution is -2.44. The fourth-order valence-corrected chi connectivity index (χ4v) is 4.54. The van der Waals surface area contributed by atoms with Gasteiger partial charge in [0.15, 0.2) is 5.78 Å². The highest BCUT2D eigenvalue weighted by atomic mass is 79.9. The van der Waals surface area contributed by atoms with Gasteiger partial charge in [-0.15, -0.1) is 0 Å². The Labute approximate surface area is 258 Å². The van der Waals surface area contributed by atoms with Crippen LogP contribution in [0.1, 0.15) is 75.7 Å². The number of esters is 1. The zero-order valence-electron chi connectivity index (χ0n) is 24.8. The molecule has 1 saturated carbocycles. The van der Waals surface area contributed by atoms with Crippen molar-refractivity contribution in [1.29, 1.82) is 0 Å². The maximum Gasteiger partial charge on any atom is 0.323 e. The van der Waals surface area contributed by atoms with Crippen LogP contribution in [0.3, 0.4) is 0 Å². The van der Waals surface area contributed by atoms with E-state index in [1.165, 1.54) is 26.1 Å². The van der Waals surface area contributed by atoms with Crippen molar-refractivity contribution in [3.63, 3.8) is 0 Å². The van der Waals surface area contributed by atoms with Crippen molar-refractivity contribution in [1.82, 2.24) is 10.3 Å². The molecule has 2 amide bonds. The second-order valence-electron chi connectivity index (χ2n) is 11.3. The van der Waals surface area contributed by atoms with E-state index in [1.807, 2.05) is 6.92 Å². The SMILES string of the molecule is CCC(=O)c1ccc(F)c(C2CC2NC(=O)Nc2ccc(Br)cn2)c1OC(O)C(=O)C(C)(C)COC(=O)[C@@H](N)[C@@H](C)CC. The largest absolute Gasteiger partial charge is 0.463 e. The van der Waals surface area contributed by atoms with Gasteiger partial charge in [-0.2, -0.15) is 0 Å². The minimum absolute atomic E-state index is 0.0105. The van der Waals surface area contributed by atoms with Crippen molar-refractivity contribution in [2.75, 3.05) is 11.9 Å². The Balaban J connectivity index is 1.77.